The van der Waals surface area contributed by atoms with Crippen molar-refractivity contribution < 1.29 is 4.79 Å². The minimum Gasteiger partial charge on any atom is -0.348 e. The Balaban J connectivity index is 2.53. The van der Waals surface area contributed by atoms with Crippen LogP contribution in [-0.2, 0) is 4.79 Å². The van der Waals surface area contributed by atoms with Gasteiger partial charge in [0.25, 0.3) is 0 Å². The molecule has 2 unspecified atom stereocenters. The first kappa shape index (κ1) is 8.49. The van der Waals surface area contributed by atoms with Crippen LogP contribution in [0.1, 0.15) is 0 Å². The minimum absolute atomic E-state index is 0.00935. The Hall–Kier alpha value is -0.610. The van der Waals surface area contributed by atoms with Gasteiger partial charge < -0.3 is 16.0 Å². The standard InChI is InChI=1S/C7H15N3O/c1-10(2)7(11)5-3-9-4-6(5)8/h5-6,9H,3-4,8H2,1-2H3. The molecule has 1 aliphatic heterocycles. The highest BCUT2D eigenvalue weighted by Crippen LogP contribution is 2.08. The summed E-state index contributed by atoms with van der Waals surface area (Å²) >= 11 is 0. The number of carbonyl (C=O) groups excluding carboxylic acids is 1. The van der Waals surface area contributed by atoms with Crippen molar-refractivity contribution in [3.05, 3.63) is 0 Å². The first-order valence-electron chi connectivity index (χ1n) is 3.80. The molecular weight excluding hydrogens is 142 g/mol. The van der Waals surface area contributed by atoms with Crippen LogP contribution in [0.15, 0.2) is 0 Å². The van der Waals surface area contributed by atoms with Crippen LogP contribution in [-0.4, -0.2) is 44.0 Å². The Bertz CT molecular complexity index is 158. The van der Waals surface area contributed by atoms with E-state index in [0.717, 1.165) is 13.1 Å². The minimum atomic E-state index is -0.0231. The molecule has 0 aromatic carbocycles. The smallest absolute Gasteiger partial charge is 0.228 e. The van der Waals surface area contributed by atoms with Gasteiger partial charge in [-0.2, -0.15) is 0 Å². The van der Waals surface area contributed by atoms with Crippen LogP contribution in [0.4, 0.5) is 0 Å². The van der Waals surface area contributed by atoms with Gasteiger partial charge in [-0.25, -0.2) is 0 Å². The summed E-state index contributed by atoms with van der Waals surface area (Å²) < 4.78 is 0. The maximum atomic E-state index is 11.4. The molecule has 1 heterocycles. The van der Waals surface area contributed by atoms with Crippen molar-refractivity contribution >= 4 is 5.91 Å². The second-order valence-electron chi connectivity index (χ2n) is 3.16. The van der Waals surface area contributed by atoms with Gasteiger partial charge >= 0.3 is 0 Å². The Morgan fingerprint density at radius 1 is 1.55 bits per heavy atom. The second-order valence-corrected chi connectivity index (χ2v) is 3.16. The zero-order valence-electron chi connectivity index (χ0n) is 7.00. The van der Waals surface area contributed by atoms with E-state index >= 15 is 0 Å². The predicted molar refractivity (Wildman–Crippen MR) is 43.0 cm³/mol. The largest absolute Gasteiger partial charge is 0.348 e. The second kappa shape index (κ2) is 3.19. The fourth-order valence-electron chi connectivity index (χ4n) is 1.30. The Morgan fingerprint density at radius 3 is 2.55 bits per heavy atom. The maximum absolute atomic E-state index is 11.4. The summed E-state index contributed by atoms with van der Waals surface area (Å²) in [6, 6.07) is -0.00935. The molecule has 1 aliphatic rings. The summed E-state index contributed by atoms with van der Waals surface area (Å²) in [5.74, 6) is 0.104. The molecule has 0 radical (unpaired) electrons. The van der Waals surface area contributed by atoms with Gasteiger partial charge in [0.15, 0.2) is 0 Å². The average molecular weight is 157 g/mol. The highest BCUT2D eigenvalue weighted by Gasteiger charge is 2.30. The molecule has 0 spiro atoms. The van der Waals surface area contributed by atoms with E-state index in [1.54, 1.807) is 19.0 Å². The number of nitrogens with zero attached hydrogens (tertiary/aromatic N) is 1. The van der Waals surface area contributed by atoms with Crippen LogP contribution in [0.5, 0.6) is 0 Å². The van der Waals surface area contributed by atoms with Crippen molar-refractivity contribution in [3.8, 4) is 0 Å². The molecule has 1 saturated heterocycles. The molecule has 0 aromatic rings. The molecular formula is C7H15N3O. The topological polar surface area (TPSA) is 58.4 Å². The normalized spacial score (nSPS) is 30.5. The van der Waals surface area contributed by atoms with Crippen molar-refractivity contribution in [1.29, 1.82) is 0 Å². The van der Waals surface area contributed by atoms with Crippen molar-refractivity contribution in [2.45, 2.75) is 6.04 Å². The maximum Gasteiger partial charge on any atom is 0.228 e. The van der Waals surface area contributed by atoms with Crippen LogP contribution in [0.2, 0.25) is 0 Å². The molecule has 0 bridgehead atoms. The summed E-state index contributed by atoms with van der Waals surface area (Å²) in [4.78, 5) is 13.0. The molecule has 1 fully saturated rings. The van der Waals surface area contributed by atoms with E-state index in [2.05, 4.69) is 5.32 Å². The van der Waals surface area contributed by atoms with Crippen LogP contribution in [0, 0.1) is 5.92 Å². The summed E-state index contributed by atoms with van der Waals surface area (Å²) in [5.41, 5.74) is 5.71. The third kappa shape index (κ3) is 1.70. The third-order valence-corrected chi connectivity index (χ3v) is 2.02. The lowest BCUT2D eigenvalue weighted by molar-refractivity contribution is -0.132. The average Bonchev–Trinajstić information content (AvgIpc) is 2.33. The summed E-state index contributed by atoms with van der Waals surface area (Å²) in [5, 5.41) is 3.09. The number of nitrogens with one attached hydrogen (secondary N) is 1. The van der Waals surface area contributed by atoms with Crippen LogP contribution in [0.25, 0.3) is 0 Å². The van der Waals surface area contributed by atoms with Gasteiger partial charge in [0.2, 0.25) is 5.91 Å². The number of hydrogen-bond acceptors (Lipinski definition) is 3. The van der Waals surface area contributed by atoms with Crippen LogP contribution >= 0.6 is 0 Å². The van der Waals surface area contributed by atoms with E-state index in [4.69, 9.17) is 5.73 Å². The van der Waals surface area contributed by atoms with Gasteiger partial charge in [0.1, 0.15) is 0 Å². The van der Waals surface area contributed by atoms with Gasteiger partial charge in [-0.1, -0.05) is 0 Å². The Kier molecular flexibility index (Phi) is 2.46. The molecule has 3 N–H and O–H groups in total. The number of hydrogen-bond donors (Lipinski definition) is 2. The first-order chi connectivity index (χ1) is 5.13. The molecule has 11 heavy (non-hydrogen) atoms. The van der Waals surface area contributed by atoms with Gasteiger partial charge in [-0.3, -0.25) is 4.79 Å². The van der Waals surface area contributed by atoms with E-state index in [1.807, 2.05) is 0 Å². The van der Waals surface area contributed by atoms with E-state index in [9.17, 15) is 4.79 Å². The third-order valence-electron chi connectivity index (χ3n) is 2.02. The molecule has 2 atom stereocenters. The zero-order valence-corrected chi connectivity index (χ0v) is 7.00. The quantitative estimate of drug-likeness (QED) is 0.493. The molecule has 0 aromatic heterocycles. The molecule has 0 saturated carbocycles. The van der Waals surface area contributed by atoms with Gasteiger partial charge in [0.05, 0.1) is 5.92 Å². The van der Waals surface area contributed by atoms with Crippen LogP contribution in [0.3, 0.4) is 0 Å². The SMILES string of the molecule is CN(C)C(=O)C1CNCC1N. The zero-order chi connectivity index (χ0) is 8.43. The van der Waals surface area contributed by atoms with Gasteiger partial charge in [-0.15, -0.1) is 0 Å². The highest BCUT2D eigenvalue weighted by atomic mass is 16.2. The number of nitrogens with two attached hydrogens (primary N) is 1. The fourth-order valence-corrected chi connectivity index (χ4v) is 1.30. The van der Waals surface area contributed by atoms with E-state index < -0.39 is 0 Å². The van der Waals surface area contributed by atoms with Crippen molar-refractivity contribution in [2.75, 3.05) is 27.2 Å². The van der Waals surface area contributed by atoms with E-state index in [-0.39, 0.29) is 17.9 Å². The molecule has 1 amide bonds. The predicted octanol–water partition coefficient (Wildman–Crippen LogP) is -1.38. The summed E-state index contributed by atoms with van der Waals surface area (Å²) in [7, 11) is 3.51. The van der Waals surface area contributed by atoms with Crippen LogP contribution < -0.4 is 11.1 Å². The lowest BCUT2D eigenvalue weighted by atomic mass is 10.0. The van der Waals surface area contributed by atoms with Crippen molar-refractivity contribution in [3.63, 3.8) is 0 Å². The molecule has 1 rings (SSSR count). The highest BCUT2D eigenvalue weighted by molar-refractivity contribution is 5.79. The number of amides is 1. The Morgan fingerprint density at radius 2 is 2.18 bits per heavy atom. The van der Waals surface area contributed by atoms with Gasteiger partial charge in [-0.05, 0) is 0 Å². The first-order valence-corrected chi connectivity index (χ1v) is 3.80. The van der Waals surface area contributed by atoms with Crippen molar-refractivity contribution in [2.24, 2.45) is 11.7 Å². The van der Waals surface area contributed by atoms with E-state index in [1.165, 1.54) is 0 Å². The Labute approximate surface area is 66.7 Å². The summed E-state index contributed by atoms with van der Waals surface area (Å²) in [6.07, 6.45) is 0. The lowest BCUT2D eigenvalue weighted by Crippen LogP contribution is -2.40. The van der Waals surface area contributed by atoms with Gasteiger partial charge in [0, 0.05) is 33.2 Å². The lowest BCUT2D eigenvalue weighted by Gasteiger charge is -2.18. The monoisotopic (exact) mass is 157 g/mol. The molecule has 4 nitrogen and oxygen atoms in total. The number of carbonyl (C=O) groups is 1. The van der Waals surface area contributed by atoms with Crippen molar-refractivity contribution in [1.82, 2.24) is 10.2 Å². The fraction of sp³-hybridized carbons (Fsp3) is 0.857. The van der Waals surface area contributed by atoms with E-state index in [0.29, 0.717) is 0 Å². The molecule has 4 heteroatoms. The molecule has 0 aliphatic carbocycles. The molecule has 64 valence electrons. The number of rotatable bonds is 1. The summed E-state index contributed by atoms with van der Waals surface area (Å²) in [6.45, 7) is 1.47.